The lowest BCUT2D eigenvalue weighted by Gasteiger charge is -2.20. The van der Waals surface area contributed by atoms with Crippen molar-refractivity contribution in [3.8, 4) is 0 Å². The maximum absolute atomic E-state index is 11.5. The smallest absolute Gasteiger partial charge is 0.277 e. The first-order valence-corrected chi connectivity index (χ1v) is 6.64. The van der Waals surface area contributed by atoms with Crippen LogP contribution in [0.1, 0.15) is 27.7 Å². The summed E-state index contributed by atoms with van der Waals surface area (Å²) in [5.41, 5.74) is 0. The van der Waals surface area contributed by atoms with Crippen molar-refractivity contribution >= 4 is 10.2 Å². The number of nitrogens with one attached hydrogen (secondary N) is 2. The Morgan fingerprint density at radius 2 is 1.73 bits per heavy atom. The molecule has 1 atom stereocenters. The highest BCUT2D eigenvalue weighted by Crippen LogP contribution is 2.01. The number of aliphatic hydroxyl groups is 1. The summed E-state index contributed by atoms with van der Waals surface area (Å²) < 4.78 is 27.8. The quantitative estimate of drug-likeness (QED) is 0.588. The van der Waals surface area contributed by atoms with Gasteiger partial charge in [0.25, 0.3) is 10.2 Å². The third-order valence-electron chi connectivity index (χ3n) is 1.99. The summed E-state index contributed by atoms with van der Waals surface area (Å²) in [6.45, 7) is 7.76. The first-order valence-electron chi connectivity index (χ1n) is 5.16. The van der Waals surface area contributed by atoms with E-state index < -0.39 is 16.3 Å². The average molecular weight is 238 g/mol. The fourth-order valence-electron chi connectivity index (χ4n) is 0.901. The van der Waals surface area contributed by atoms with E-state index in [-0.39, 0.29) is 18.4 Å². The maximum Gasteiger partial charge on any atom is 0.277 e. The Morgan fingerprint density at radius 3 is 2.07 bits per heavy atom. The topological polar surface area (TPSA) is 78.4 Å². The molecule has 0 bridgehead atoms. The molecule has 92 valence electrons. The lowest BCUT2D eigenvalue weighted by Crippen LogP contribution is -2.47. The first-order chi connectivity index (χ1) is 6.78. The van der Waals surface area contributed by atoms with E-state index in [1.165, 1.54) is 0 Å². The van der Waals surface area contributed by atoms with Crippen molar-refractivity contribution in [1.29, 1.82) is 0 Å². The van der Waals surface area contributed by atoms with Crippen LogP contribution in [-0.4, -0.2) is 32.7 Å². The molecule has 0 saturated carbocycles. The molecule has 0 fully saturated rings. The van der Waals surface area contributed by atoms with Crippen LogP contribution in [0, 0.1) is 11.8 Å². The normalized spacial score (nSPS) is 14.9. The average Bonchev–Trinajstić information content (AvgIpc) is 2.11. The molecule has 0 aromatic carbocycles. The summed E-state index contributed by atoms with van der Waals surface area (Å²) >= 11 is 0. The summed E-state index contributed by atoms with van der Waals surface area (Å²) in [5.74, 6) is 0.318. The molecule has 15 heavy (non-hydrogen) atoms. The van der Waals surface area contributed by atoms with E-state index in [9.17, 15) is 8.42 Å². The molecule has 0 heterocycles. The molecule has 0 spiro atoms. The van der Waals surface area contributed by atoms with Crippen molar-refractivity contribution in [3.05, 3.63) is 0 Å². The Kier molecular flexibility index (Phi) is 6.35. The van der Waals surface area contributed by atoms with E-state index in [1.54, 1.807) is 0 Å². The van der Waals surface area contributed by atoms with Gasteiger partial charge in [-0.3, -0.25) is 0 Å². The zero-order valence-corrected chi connectivity index (χ0v) is 10.6. The fraction of sp³-hybridized carbons (Fsp3) is 1.00. The first kappa shape index (κ1) is 14.8. The lowest BCUT2D eigenvalue weighted by molar-refractivity contribution is 0.227. The largest absolute Gasteiger partial charge is 0.395 e. The fourth-order valence-corrected chi connectivity index (χ4v) is 2.28. The van der Waals surface area contributed by atoms with E-state index in [0.29, 0.717) is 6.54 Å². The van der Waals surface area contributed by atoms with Crippen molar-refractivity contribution in [2.75, 3.05) is 13.2 Å². The van der Waals surface area contributed by atoms with Crippen LogP contribution in [0.15, 0.2) is 0 Å². The maximum atomic E-state index is 11.5. The van der Waals surface area contributed by atoms with Gasteiger partial charge in [-0.25, -0.2) is 4.72 Å². The van der Waals surface area contributed by atoms with Crippen LogP contribution in [0.3, 0.4) is 0 Å². The van der Waals surface area contributed by atoms with Gasteiger partial charge in [-0.1, -0.05) is 27.7 Å². The summed E-state index contributed by atoms with van der Waals surface area (Å²) in [4.78, 5) is 0. The molecule has 5 nitrogen and oxygen atoms in total. The van der Waals surface area contributed by atoms with E-state index in [0.717, 1.165) is 0 Å². The summed E-state index contributed by atoms with van der Waals surface area (Å²) in [7, 11) is -3.49. The number of hydrogen-bond donors (Lipinski definition) is 3. The standard InChI is InChI=1S/C9H22N2O3S/c1-7(2)5-10-15(13,14)11-9(6-12)8(3)4/h7-12H,5-6H2,1-4H3/t9-/m1/s1. The number of rotatable bonds is 7. The third-order valence-corrected chi connectivity index (χ3v) is 3.15. The zero-order valence-electron chi connectivity index (χ0n) is 9.82. The number of hydrogen-bond acceptors (Lipinski definition) is 3. The van der Waals surface area contributed by atoms with E-state index in [2.05, 4.69) is 9.44 Å². The molecule has 0 rings (SSSR count). The van der Waals surface area contributed by atoms with E-state index in [4.69, 9.17) is 5.11 Å². The second-order valence-corrected chi connectivity index (χ2v) is 5.93. The van der Waals surface area contributed by atoms with Crippen LogP contribution in [0.2, 0.25) is 0 Å². The summed E-state index contributed by atoms with van der Waals surface area (Å²) in [6, 6.07) is -0.435. The minimum atomic E-state index is -3.49. The highest BCUT2D eigenvalue weighted by Gasteiger charge is 2.19. The Hall–Kier alpha value is -0.170. The van der Waals surface area contributed by atoms with E-state index >= 15 is 0 Å². The Morgan fingerprint density at radius 1 is 1.20 bits per heavy atom. The second kappa shape index (κ2) is 6.42. The molecule has 6 heteroatoms. The van der Waals surface area contributed by atoms with Crippen LogP contribution in [0.25, 0.3) is 0 Å². The van der Waals surface area contributed by atoms with Crippen molar-refractivity contribution in [1.82, 2.24) is 9.44 Å². The van der Waals surface area contributed by atoms with Gasteiger partial charge in [-0.2, -0.15) is 13.1 Å². The molecule has 0 aliphatic heterocycles. The van der Waals surface area contributed by atoms with Crippen molar-refractivity contribution in [2.24, 2.45) is 11.8 Å². The molecule has 0 aliphatic rings. The van der Waals surface area contributed by atoms with Crippen molar-refractivity contribution < 1.29 is 13.5 Å². The van der Waals surface area contributed by atoms with Gasteiger partial charge in [0.2, 0.25) is 0 Å². The highest BCUT2D eigenvalue weighted by molar-refractivity contribution is 7.87. The third kappa shape index (κ3) is 6.83. The Bertz CT molecular complexity index is 263. The Balaban J connectivity index is 4.23. The minimum Gasteiger partial charge on any atom is -0.395 e. The van der Waals surface area contributed by atoms with Gasteiger partial charge in [0.05, 0.1) is 6.61 Å². The van der Waals surface area contributed by atoms with Crippen molar-refractivity contribution in [2.45, 2.75) is 33.7 Å². The molecule has 3 N–H and O–H groups in total. The van der Waals surface area contributed by atoms with Crippen LogP contribution < -0.4 is 9.44 Å². The van der Waals surface area contributed by atoms with Gasteiger partial charge >= 0.3 is 0 Å². The van der Waals surface area contributed by atoms with Gasteiger partial charge in [0.15, 0.2) is 0 Å². The van der Waals surface area contributed by atoms with Crippen molar-refractivity contribution in [3.63, 3.8) is 0 Å². The lowest BCUT2D eigenvalue weighted by atomic mass is 10.1. The monoisotopic (exact) mass is 238 g/mol. The molecular formula is C9H22N2O3S. The second-order valence-electron chi connectivity index (χ2n) is 4.40. The van der Waals surface area contributed by atoms with Crippen LogP contribution in [0.5, 0.6) is 0 Å². The predicted octanol–water partition coefficient (Wildman–Crippen LogP) is 0.0833. The Labute approximate surface area is 92.4 Å². The van der Waals surface area contributed by atoms with Crippen LogP contribution >= 0.6 is 0 Å². The summed E-state index contributed by atoms with van der Waals surface area (Å²) in [5, 5.41) is 8.98. The minimum absolute atomic E-state index is 0.0608. The van der Waals surface area contributed by atoms with E-state index in [1.807, 2.05) is 27.7 Å². The molecule has 0 amide bonds. The van der Waals surface area contributed by atoms with Gasteiger partial charge < -0.3 is 5.11 Å². The molecule has 0 unspecified atom stereocenters. The predicted molar refractivity (Wildman–Crippen MR) is 60.6 cm³/mol. The summed E-state index contributed by atoms with van der Waals surface area (Å²) in [6.07, 6.45) is 0. The number of aliphatic hydroxyl groups excluding tert-OH is 1. The van der Waals surface area contributed by atoms with Gasteiger partial charge in [-0.15, -0.1) is 0 Å². The van der Waals surface area contributed by atoms with Gasteiger partial charge in [0.1, 0.15) is 0 Å². The molecule has 0 radical (unpaired) electrons. The van der Waals surface area contributed by atoms with Gasteiger partial charge in [-0.05, 0) is 11.8 Å². The SMILES string of the molecule is CC(C)CNS(=O)(=O)N[C@H](CO)C(C)C. The van der Waals surface area contributed by atoms with Crippen LogP contribution in [-0.2, 0) is 10.2 Å². The molecule has 0 aromatic rings. The molecule has 0 aromatic heterocycles. The molecule has 0 aliphatic carbocycles. The van der Waals surface area contributed by atoms with Crippen LogP contribution in [0.4, 0.5) is 0 Å². The highest BCUT2D eigenvalue weighted by atomic mass is 32.2. The molecular weight excluding hydrogens is 216 g/mol. The zero-order chi connectivity index (χ0) is 12.1. The van der Waals surface area contributed by atoms with Gasteiger partial charge in [0, 0.05) is 12.6 Å². The molecule has 0 saturated heterocycles.